The Hall–Kier alpha value is -1.03. The lowest BCUT2D eigenvalue weighted by Gasteiger charge is -2.23. The number of carbonyl (C=O) groups excluding carboxylic acids is 1. The van der Waals surface area contributed by atoms with Crippen molar-refractivity contribution in [1.29, 1.82) is 0 Å². The highest BCUT2D eigenvalue weighted by atomic mass is 16.5. The fraction of sp³-hybridized carbons (Fsp3) is 0.769. The van der Waals surface area contributed by atoms with Gasteiger partial charge in [0.2, 0.25) is 5.91 Å². The van der Waals surface area contributed by atoms with Crippen molar-refractivity contribution in [3.05, 3.63) is 12.8 Å². The van der Waals surface area contributed by atoms with E-state index < -0.39 is 0 Å². The first-order valence-electron chi connectivity index (χ1n) is 6.55. The third-order valence-corrected chi connectivity index (χ3v) is 3.01. The molecule has 2 N–H and O–H groups in total. The first-order chi connectivity index (χ1) is 8.33. The van der Waals surface area contributed by atoms with Crippen molar-refractivity contribution >= 4 is 5.91 Å². The molecule has 0 spiro atoms. The van der Waals surface area contributed by atoms with Gasteiger partial charge >= 0.3 is 0 Å². The van der Waals surface area contributed by atoms with E-state index in [0.717, 1.165) is 19.4 Å². The Bertz CT molecular complexity index is 225. The molecule has 4 heteroatoms. The molecule has 1 rings (SSSR count). The largest absolute Gasteiger partial charge is 0.502 e. The summed E-state index contributed by atoms with van der Waals surface area (Å²) >= 11 is 0. The molecule has 1 saturated heterocycles. The second-order valence-electron chi connectivity index (χ2n) is 4.43. The zero-order valence-corrected chi connectivity index (χ0v) is 10.5. The fourth-order valence-corrected chi connectivity index (χ4v) is 2.03. The van der Waals surface area contributed by atoms with Crippen LogP contribution >= 0.6 is 0 Å². The van der Waals surface area contributed by atoms with E-state index in [-0.39, 0.29) is 5.91 Å². The minimum atomic E-state index is 0.149. The summed E-state index contributed by atoms with van der Waals surface area (Å²) in [5.74, 6) is 0.149. The third kappa shape index (κ3) is 7.00. The van der Waals surface area contributed by atoms with Crippen molar-refractivity contribution in [2.45, 2.75) is 44.6 Å². The number of hydrogen-bond acceptors (Lipinski definition) is 3. The van der Waals surface area contributed by atoms with E-state index in [2.05, 4.69) is 17.2 Å². The molecule has 0 saturated carbocycles. The van der Waals surface area contributed by atoms with Crippen LogP contribution in [0.4, 0.5) is 0 Å². The van der Waals surface area contributed by atoms with Gasteiger partial charge in [-0.05, 0) is 32.2 Å². The van der Waals surface area contributed by atoms with Crippen molar-refractivity contribution < 1.29 is 9.53 Å². The fourth-order valence-electron chi connectivity index (χ4n) is 2.03. The van der Waals surface area contributed by atoms with Crippen LogP contribution in [0.1, 0.15) is 38.5 Å². The molecule has 1 unspecified atom stereocenters. The maximum atomic E-state index is 11.5. The molecule has 1 amide bonds. The quantitative estimate of drug-likeness (QED) is 0.500. The number of hydrogen-bond donors (Lipinski definition) is 2. The van der Waals surface area contributed by atoms with Gasteiger partial charge in [0, 0.05) is 19.0 Å². The highest BCUT2D eigenvalue weighted by Crippen LogP contribution is 2.11. The zero-order chi connectivity index (χ0) is 12.3. The summed E-state index contributed by atoms with van der Waals surface area (Å²) in [7, 11) is 0. The third-order valence-electron chi connectivity index (χ3n) is 3.01. The molecule has 98 valence electrons. The monoisotopic (exact) mass is 240 g/mol. The summed E-state index contributed by atoms with van der Waals surface area (Å²) in [5.41, 5.74) is 0. The molecular formula is C13H24N2O2. The molecule has 1 heterocycles. The van der Waals surface area contributed by atoms with Crippen LogP contribution in [-0.2, 0) is 9.53 Å². The van der Waals surface area contributed by atoms with Crippen LogP contribution in [-0.4, -0.2) is 31.6 Å². The first-order valence-corrected chi connectivity index (χ1v) is 6.55. The lowest BCUT2D eigenvalue weighted by molar-refractivity contribution is -0.121. The minimum absolute atomic E-state index is 0.149. The molecule has 0 aromatic carbocycles. The Balaban J connectivity index is 1.94. The Morgan fingerprint density at radius 1 is 1.53 bits per heavy atom. The Morgan fingerprint density at radius 2 is 2.41 bits per heavy atom. The second-order valence-corrected chi connectivity index (χ2v) is 4.43. The number of amides is 1. The predicted molar refractivity (Wildman–Crippen MR) is 68.7 cm³/mol. The number of piperidine rings is 1. The Kier molecular flexibility index (Phi) is 7.47. The van der Waals surface area contributed by atoms with E-state index in [0.29, 0.717) is 25.6 Å². The van der Waals surface area contributed by atoms with Gasteiger partial charge in [-0.25, -0.2) is 0 Å². The van der Waals surface area contributed by atoms with Gasteiger partial charge < -0.3 is 15.4 Å². The number of rotatable bonds is 8. The molecule has 1 aliphatic heterocycles. The SMILES string of the molecule is C=COCCCNC(=O)CCC1CCCCN1. The molecule has 17 heavy (non-hydrogen) atoms. The smallest absolute Gasteiger partial charge is 0.220 e. The summed E-state index contributed by atoms with van der Waals surface area (Å²) < 4.78 is 4.97. The molecule has 0 aromatic heterocycles. The Morgan fingerprint density at radius 3 is 3.12 bits per heavy atom. The van der Waals surface area contributed by atoms with Crippen LogP contribution in [0.5, 0.6) is 0 Å². The van der Waals surface area contributed by atoms with Crippen molar-refractivity contribution in [3.8, 4) is 0 Å². The van der Waals surface area contributed by atoms with Gasteiger partial charge in [0.15, 0.2) is 0 Å². The van der Waals surface area contributed by atoms with Crippen LogP contribution < -0.4 is 10.6 Å². The van der Waals surface area contributed by atoms with E-state index in [1.165, 1.54) is 25.5 Å². The normalized spacial score (nSPS) is 19.6. The van der Waals surface area contributed by atoms with Gasteiger partial charge in [0.05, 0.1) is 12.9 Å². The average Bonchev–Trinajstić information content (AvgIpc) is 2.37. The van der Waals surface area contributed by atoms with E-state index in [1.54, 1.807) is 0 Å². The predicted octanol–water partition coefficient (Wildman–Crippen LogP) is 1.58. The maximum Gasteiger partial charge on any atom is 0.220 e. The molecule has 1 atom stereocenters. The minimum Gasteiger partial charge on any atom is -0.502 e. The molecule has 0 bridgehead atoms. The van der Waals surface area contributed by atoms with E-state index in [4.69, 9.17) is 4.74 Å². The van der Waals surface area contributed by atoms with Gasteiger partial charge in [-0.1, -0.05) is 13.0 Å². The number of carbonyl (C=O) groups is 1. The molecule has 1 fully saturated rings. The van der Waals surface area contributed by atoms with Crippen LogP contribution in [0.3, 0.4) is 0 Å². The van der Waals surface area contributed by atoms with Gasteiger partial charge in [-0.15, -0.1) is 0 Å². The summed E-state index contributed by atoms with van der Waals surface area (Å²) in [6.45, 7) is 5.86. The van der Waals surface area contributed by atoms with Crippen LogP contribution in [0.2, 0.25) is 0 Å². The van der Waals surface area contributed by atoms with Crippen molar-refractivity contribution in [3.63, 3.8) is 0 Å². The van der Waals surface area contributed by atoms with E-state index in [1.807, 2.05) is 0 Å². The average molecular weight is 240 g/mol. The lowest BCUT2D eigenvalue weighted by atomic mass is 10.0. The summed E-state index contributed by atoms with van der Waals surface area (Å²) in [6, 6.07) is 0.540. The van der Waals surface area contributed by atoms with Gasteiger partial charge in [-0.3, -0.25) is 4.79 Å². The Labute approximate surface area is 104 Å². The molecule has 0 aromatic rings. The van der Waals surface area contributed by atoms with Gasteiger partial charge in [0.25, 0.3) is 0 Å². The molecular weight excluding hydrogens is 216 g/mol. The van der Waals surface area contributed by atoms with Crippen LogP contribution in [0, 0.1) is 0 Å². The molecule has 0 aliphatic carbocycles. The van der Waals surface area contributed by atoms with Crippen molar-refractivity contribution in [1.82, 2.24) is 10.6 Å². The molecule has 1 aliphatic rings. The van der Waals surface area contributed by atoms with Crippen molar-refractivity contribution in [2.24, 2.45) is 0 Å². The lowest BCUT2D eigenvalue weighted by Crippen LogP contribution is -2.35. The van der Waals surface area contributed by atoms with Gasteiger partial charge in [0.1, 0.15) is 0 Å². The zero-order valence-electron chi connectivity index (χ0n) is 10.5. The topological polar surface area (TPSA) is 50.4 Å². The standard InChI is InChI=1S/C13H24N2O2/c1-2-17-11-5-10-15-13(16)8-7-12-6-3-4-9-14-12/h2,12,14H,1,3-11H2,(H,15,16). The molecule has 0 radical (unpaired) electrons. The summed E-state index contributed by atoms with van der Waals surface area (Å²) in [6.07, 6.45) is 7.61. The maximum absolute atomic E-state index is 11.5. The van der Waals surface area contributed by atoms with Crippen LogP contribution in [0.15, 0.2) is 12.8 Å². The van der Waals surface area contributed by atoms with E-state index in [9.17, 15) is 4.79 Å². The van der Waals surface area contributed by atoms with Gasteiger partial charge in [-0.2, -0.15) is 0 Å². The summed E-state index contributed by atoms with van der Waals surface area (Å²) in [5, 5.41) is 6.35. The second kappa shape index (κ2) is 9.05. The molecule has 4 nitrogen and oxygen atoms in total. The van der Waals surface area contributed by atoms with E-state index >= 15 is 0 Å². The highest BCUT2D eigenvalue weighted by Gasteiger charge is 2.13. The number of nitrogens with one attached hydrogen (secondary N) is 2. The highest BCUT2D eigenvalue weighted by molar-refractivity contribution is 5.75. The summed E-state index contributed by atoms with van der Waals surface area (Å²) in [4.78, 5) is 11.5. The van der Waals surface area contributed by atoms with Crippen molar-refractivity contribution in [2.75, 3.05) is 19.7 Å². The first kappa shape index (κ1) is 14.0. The van der Waals surface area contributed by atoms with Crippen LogP contribution in [0.25, 0.3) is 0 Å². The number of ether oxygens (including phenoxy) is 1.